The second-order valence-corrected chi connectivity index (χ2v) is 9.33. The largest absolute Gasteiger partial charge is 0.493 e. The minimum Gasteiger partial charge on any atom is -0.493 e. The average Bonchev–Trinajstić information content (AvgIpc) is 3.32. The molecule has 1 unspecified atom stereocenters. The Morgan fingerprint density at radius 3 is 2.93 bits per heavy atom. The Morgan fingerprint density at radius 2 is 2.15 bits per heavy atom. The van der Waals surface area contributed by atoms with Gasteiger partial charge in [0.2, 0.25) is 0 Å². The maximum atomic E-state index is 11.1. The third-order valence-electron chi connectivity index (χ3n) is 4.04. The Bertz CT molecular complexity index is 932. The first-order chi connectivity index (χ1) is 13.2. The smallest absolute Gasteiger partial charge is 0.321 e. The number of nitrogens with one attached hydrogen (secondary N) is 1. The third kappa shape index (κ3) is 4.57. The zero-order chi connectivity index (χ0) is 18.6. The molecule has 2 atom stereocenters. The fourth-order valence-corrected chi connectivity index (χ4v) is 5.83. The van der Waals surface area contributed by atoms with E-state index >= 15 is 0 Å². The molecule has 1 saturated heterocycles. The number of carbonyl (C=O) groups is 1. The summed E-state index contributed by atoms with van der Waals surface area (Å²) < 4.78 is 6.93. The first kappa shape index (κ1) is 18.6. The molecule has 8 heteroatoms. The molecule has 2 heterocycles. The van der Waals surface area contributed by atoms with E-state index in [9.17, 15) is 4.79 Å². The van der Waals surface area contributed by atoms with Crippen molar-refractivity contribution in [1.29, 1.82) is 0 Å². The Morgan fingerprint density at radius 1 is 1.30 bits per heavy atom. The number of aromatic nitrogens is 1. The molecule has 0 bridgehead atoms. The lowest BCUT2D eigenvalue weighted by molar-refractivity contribution is -0.138. The molecule has 0 aliphatic carbocycles. The van der Waals surface area contributed by atoms with Gasteiger partial charge >= 0.3 is 5.97 Å². The van der Waals surface area contributed by atoms with Crippen LogP contribution in [0, 0.1) is 0 Å². The van der Waals surface area contributed by atoms with Gasteiger partial charge in [0.15, 0.2) is 0 Å². The average molecular weight is 419 g/mol. The summed E-state index contributed by atoms with van der Waals surface area (Å²) in [5.41, 5.74) is 0.919. The number of hydrogen-bond donors (Lipinski definition) is 2. The minimum absolute atomic E-state index is 0.0601. The van der Waals surface area contributed by atoms with Gasteiger partial charge in [0, 0.05) is 16.4 Å². The number of thioether (sulfide) groups is 2. The maximum Gasteiger partial charge on any atom is 0.321 e. The van der Waals surface area contributed by atoms with Crippen LogP contribution in [0.5, 0.6) is 5.75 Å². The molecule has 1 aliphatic heterocycles. The van der Waals surface area contributed by atoms with E-state index < -0.39 is 12.0 Å². The van der Waals surface area contributed by atoms with Crippen molar-refractivity contribution in [2.24, 2.45) is 0 Å². The summed E-state index contributed by atoms with van der Waals surface area (Å²) in [6.07, 6.45) is 0. The molecule has 0 saturated carbocycles. The summed E-state index contributed by atoms with van der Waals surface area (Å²) in [6, 6.07) is 15.7. The van der Waals surface area contributed by atoms with Crippen LogP contribution in [0.1, 0.15) is 10.4 Å². The lowest BCUT2D eigenvalue weighted by Crippen LogP contribution is -2.33. The topological polar surface area (TPSA) is 71.5 Å². The van der Waals surface area contributed by atoms with E-state index in [4.69, 9.17) is 9.84 Å². The van der Waals surface area contributed by atoms with Crippen LogP contribution in [0.2, 0.25) is 0 Å². The van der Waals surface area contributed by atoms with Crippen molar-refractivity contribution in [3.8, 4) is 5.75 Å². The van der Waals surface area contributed by atoms with Crippen LogP contribution < -0.4 is 10.1 Å². The Balaban J connectivity index is 1.36. The molecule has 1 aliphatic rings. The normalized spacial score (nSPS) is 19.4. The van der Waals surface area contributed by atoms with Crippen LogP contribution >= 0.6 is 34.9 Å². The Labute approximate surface area is 169 Å². The number of rotatable bonds is 7. The minimum atomic E-state index is -0.810. The molecular formula is C19H18N2O3S3. The van der Waals surface area contributed by atoms with Crippen molar-refractivity contribution >= 4 is 51.0 Å². The van der Waals surface area contributed by atoms with Crippen molar-refractivity contribution in [1.82, 2.24) is 10.3 Å². The van der Waals surface area contributed by atoms with Crippen molar-refractivity contribution in [2.45, 2.75) is 16.3 Å². The summed E-state index contributed by atoms with van der Waals surface area (Å²) in [6.45, 7) is 0.636. The summed E-state index contributed by atoms with van der Waals surface area (Å²) in [5.74, 6) is 1.47. The maximum absolute atomic E-state index is 11.1. The highest BCUT2D eigenvalue weighted by Gasteiger charge is 2.32. The molecule has 2 aromatic carbocycles. The van der Waals surface area contributed by atoms with E-state index in [-0.39, 0.29) is 5.37 Å². The van der Waals surface area contributed by atoms with Crippen LogP contribution in [0.4, 0.5) is 0 Å². The molecule has 0 amide bonds. The van der Waals surface area contributed by atoms with Crippen molar-refractivity contribution in [3.63, 3.8) is 0 Å². The van der Waals surface area contributed by atoms with Crippen molar-refractivity contribution in [3.05, 3.63) is 53.5 Å². The Kier molecular flexibility index (Phi) is 5.87. The second kappa shape index (κ2) is 8.52. The second-order valence-electron chi connectivity index (χ2n) is 5.96. The number of aliphatic carboxylic acids is 1. The van der Waals surface area contributed by atoms with Gasteiger partial charge in [0.25, 0.3) is 0 Å². The number of fused-ring (bicyclic) bond motifs is 1. The van der Waals surface area contributed by atoms with E-state index in [0.29, 0.717) is 12.4 Å². The van der Waals surface area contributed by atoms with Crippen LogP contribution in [0.25, 0.3) is 10.2 Å². The molecule has 4 rings (SSSR count). The van der Waals surface area contributed by atoms with Gasteiger partial charge in [-0.2, -0.15) is 0 Å². The summed E-state index contributed by atoms with van der Waals surface area (Å²) in [4.78, 5) is 17.0. The summed E-state index contributed by atoms with van der Waals surface area (Å²) in [7, 11) is 0. The molecule has 140 valence electrons. The lowest BCUT2D eigenvalue weighted by atomic mass is 10.3. The molecule has 5 nitrogen and oxygen atoms in total. The number of ether oxygens (including phenoxy) is 1. The molecule has 2 N–H and O–H groups in total. The summed E-state index contributed by atoms with van der Waals surface area (Å²) in [5, 5.41) is 13.1. The molecule has 3 aromatic rings. The van der Waals surface area contributed by atoms with E-state index in [1.54, 1.807) is 34.9 Å². The van der Waals surface area contributed by atoms with Gasteiger partial charge in [0.05, 0.1) is 16.8 Å². The molecule has 1 fully saturated rings. The molecule has 27 heavy (non-hydrogen) atoms. The predicted octanol–water partition coefficient (Wildman–Crippen LogP) is 4.26. The van der Waals surface area contributed by atoms with E-state index in [1.165, 1.54) is 4.90 Å². The van der Waals surface area contributed by atoms with Gasteiger partial charge in [-0.05, 0) is 30.3 Å². The monoisotopic (exact) mass is 418 g/mol. The SMILES string of the molecule is O=C(O)[C@H]1CSC(c2nc3ccc(OCCSc4ccccc4)cc3s2)N1. The first-order valence-corrected chi connectivity index (χ1v) is 11.4. The molecule has 1 aromatic heterocycles. The molecule has 0 spiro atoms. The number of hydrogen-bond acceptors (Lipinski definition) is 7. The van der Waals surface area contributed by atoms with Gasteiger partial charge in [-0.1, -0.05) is 18.2 Å². The van der Waals surface area contributed by atoms with Crippen LogP contribution in [0.3, 0.4) is 0 Å². The third-order valence-corrected chi connectivity index (χ3v) is 7.47. The number of thiazole rings is 1. The fraction of sp³-hybridized carbons (Fsp3) is 0.263. The zero-order valence-corrected chi connectivity index (χ0v) is 16.8. The molecule has 0 radical (unpaired) electrons. The van der Waals surface area contributed by atoms with Gasteiger partial charge in [0.1, 0.15) is 22.2 Å². The summed E-state index contributed by atoms with van der Waals surface area (Å²) >= 11 is 4.95. The highest BCUT2D eigenvalue weighted by Crippen LogP contribution is 2.37. The van der Waals surface area contributed by atoms with E-state index in [1.807, 2.05) is 36.4 Å². The van der Waals surface area contributed by atoms with E-state index in [2.05, 4.69) is 22.4 Å². The lowest BCUT2D eigenvalue weighted by Gasteiger charge is -2.06. The van der Waals surface area contributed by atoms with Crippen molar-refractivity contribution < 1.29 is 14.6 Å². The van der Waals surface area contributed by atoms with E-state index in [0.717, 1.165) is 26.7 Å². The Hall–Kier alpha value is -1.74. The zero-order valence-electron chi connectivity index (χ0n) is 14.3. The number of carboxylic acid groups (broad SMARTS) is 1. The standard InChI is InChI=1S/C19H18N2O3S3/c22-19(23)15-11-26-17(21-15)18-20-14-7-6-12(10-16(14)27-18)24-8-9-25-13-4-2-1-3-5-13/h1-7,10,15,17,21H,8-9,11H2,(H,22,23)/t15-,17?/m1/s1. The molecular weight excluding hydrogens is 400 g/mol. The highest BCUT2D eigenvalue weighted by atomic mass is 32.2. The predicted molar refractivity (Wildman–Crippen MR) is 112 cm³/mol. The van der Waals surface area contributed by atoms with Gasteiger partial charge in [-0.3, -0.25) is 10.1 Å². The number of benzene rings is 2. The number of nitrogens with zero attached hydrogens (tertiary/aromatic N) is 1. The highest BCUT2D eigenvalue weighted by molar-refractivity contribution is 8.00. The van der Waals surface area contributed by atoms with Gasteiger partial charge in [-0.25, -0.2) is 4.98 Å². The van der Waals surface area contributed by atoms with Crippen LogP contribution in [-0.2, 0) is 4.79 Å². The van der Waals surface area contributed by atoms with Crippen LogP contribution in [-0.4, -0.2) is 40.2 Å². The van der Waals surface area contributed by atoms with Gasteiger partial charge in [-0.15, -0.1) is 34.9 Å². The van der Waals surface area contributed by atoms with Crippen LogP contribution in [0.15, 0.2) is 53.4 Å². The quantitative estimate of drug-likeness (QED) is 0.439. The fourth-order valence-electron chi connectivity index (χ4n) is 2.72. The number of carboxylic acids is 1. The van der Waals surface area contributed by atoms with Crippen molar-refractivity contribution in [2.75, 3.05) is 18.1 Å². The van der Waals surface area contributed by atoms with Gasteiger partial charge < -0.3 is 9.84 Å². The first-order valence-electron chi connectivity index (χ1n) is 8.50.